The molecule has 0 aliphatic carbocycles. The number of rotatable bonds is 7. The minimum atomic E-state index is -3.14. The first kappa shape index (κ1) is 20.8. The van der Waals surface area contributed by atoms with Crippen LogP contribution in [0.4, 0.5) is 0 Å². The normalized spacial score (nSPS) is 15.3. The van der Waals surface area contributed by atoms with E-state index in [0.717, 1.165) is 57.1 Å². The lowest BCUT2D eigenvalue weighted by Gasteiger charge is -2.27. The molecule has 0 atom stereocenters. The highest BCUT2D eigenvalue weighted by molar-refractivity contribution is 7.90. The number of benzene rings is 1. The topological polar surface area (TPSA) is 73.8 Å². The van der Waals surface area contributed by atoms with Crippen LogP contribution in [0.25, 0.3) is 0 Å². The van der Waals surface area contributed by atoms with Crippen molar-refractivity contribution < 1.29 is 8.42 Å². The molecule has 6 nitrogen and oxygen atoms in total. The monoisotopic (exact) mass is 420 g/mol. The fourth-order valence-corrected chi connectivity index (χ4v) is 4.80. The van der Waals surface area contributed by atoms with Crippen molar-refractivity contribution in [2.24, 2.45) is 4.99 Å². The van der Waals surface area contributed by atoms with Gasteiger partial charge in [0.05, 0.1) is 4.90 Å². The summed E-state index contributed by atoms with van der Waals surface area (Å²) in [5, 5.41) is 8.87. The van der Waals surface area contributed by atoms with Crippen molar-refractivity contribution in [1.82, 2.24) is 15.5 Å². The van der Waals surface area contributed by atoms with Crippen molar-refractivity contribution in [3.05, 3.63) is 51.7 Å². The zero-order valence-electron chi connectivity index (χ0n) is 16.4. The van der Waals surface area contributed by atoms with Crippen LogP contribution in [-0.2, 0) is 29.2 Å². The zero-order chi connectivity index (χ0) is 20.0. The van der Waals surface area contributed by atoms with E-state index in [1.807, 2.05) is 23.5 Å². The molecule has 2 N–H and O–H groups in total. The van der Waals surface area contributed by atoms with E-state index in [2.05, 4.69) is 32.0 Å². The van der Waals surface area contributed by atoms with E-state index in [0.29, 0.717) is 4.90 Å². The number of nitrogens with zero attached hydrogens (tertiary/aromatic N) is 2. The molecule has 0 unspecified atom stereocenters. The molecule has 3 rings (SSSR count). The van der Waals surface area contributed by atoms with Crippen molar-refractivity contribution in [2.75, 3.05) is 39.5 Å². The van der Waals surface area contributed by atoms with Crippen molar-refractivity contribution in [1.29, 1.82) is 0 Å². The van der Waals surface area contributed by atoms with Crippen LogP contribution in [0.3, 0.4) is 0 Å². The highest BCUT2D eigenvalue weighted by atomic mass is 32.2. The van der Waals surface area contributed by atoms with Gasteiger partial charge in [-0.15, -0.1) is 11.3 Å². The Morgan fingerprint density at radius 2 is 1.93 bits per heavy atom. The number of thiophene rings is 1. The van der Waals surface area contributed by atoms with Crippen LogP contribution < -0.4 is 10.6 Å². The Hall–Kier alpha value is -1.90. The second kappa shape index (κ2) is 9.54. The first-order chi connectivity index (χ1) is 13.5. The van der Waals surface area contributed by atoms with Gasteiger partial charge >= 0.3 is 0 Å². The Labute approximate surface area is 171 Å². The van der Waals surface area contributed by atoms with Gasteiger partial charge in [0.1, 0.15) is 0 Å². The molecular weight excluding hydrogens is 392 g/mol. The lowest BCUT2D eigenvalue weighted by molar-refractivity contribution is 0.260. The summed E-state index contributed by atoms with van der Waals surface area (Å²) >= 11 is 1.87. The highest BCUT2D eigenvalue weighted by Gasteiger charge is 2.16. The van der Waals surface area contributed by atoms with Gasteiger partial charge in [-0.05, 0) is 47.5 Å². The van der Waals surface area contributed by atoms with Crippen molar-refractivity contribution in [3.8, 4) is 0 Å². The van der Waals surface area contributed by atoms with Gasteiger partial charge in [0.25, 0.3) is 0 Å². The smallest absolute Gasteiger partial charge is 0.191 e. The molecule has 0 amide bonds. The number of sulfone groups is 1. The molecule has 2 heterocycles. The largest absolute Gasteiger partial charge is 0.356 e. The standard InChI is InChI=1S/C20H28N4O2S2/c1-21-20(22-10-7-16-3-5-18(6-4-16)28(2,25)26)23-11-13-24-12-8-19-17(15-24)9-14-27-19/h3-6,9,14H,7-8,10-13,15H2,1-2H3,(H2,21,22,23). The van der Waals surface area contributed by atoms with Crippen molar-refractivity contribution >= 4 is 27.1 Å². The first-order valence-electron chi connectivity index (χ1n) is 9.47. The SMILES string of the molecule is CN=C(NCCc1ccc(S(C)(=O)=O)cc1)NCCN1CCc2sccc2C1. The molecule has 1 aliphatic rings. The Morgan fingerprint density at radius 1 is 1.18 bits per heavy atom. The van der Waals surface area contributed by atoms with Gasteiger partial charge in [-0.1, -0.05) is 12.1 Å². The van der Waals surface area contributed by atoms with E-state index >= 15 is 0 Å². The van der Waals surface area contributed by atoms with Crippen LogP contribution in [0, 0.1) is 0 Å². The van der Waals surface area contributed by atoms with E-state index in [4.69, 9.17) is 0 Å². The molecule has 0 radical (unpaired) electrons. The average Bonchev–Trinajstić information content (AvgIpc) is 3.14. The van der Waals surface area contributed by atoms with E-state index in [9.17, 15) is 8.42 Å². The first-order valence-corrected chi connectivity index (χ1v) is 12.2. The molecule has 0 saturated carbocycles. The molecule has 1 aromatic carbocycles. The third kappa shape index (κ3) is 5.80. The Balaban J connectivity index is 1.37. The highest BCUT2D eigenvalue weighted by Crippen LogP contribution is 2.23. The summed E-state index contributed by atoms with van der Waals surface area (Å²) in [5.74, 6) is 0.793. The molecule has 8 heteroatoms. The van der Waals surface area contributed by atoms with E-state index in [1.165, 1.54) is 16.7 Å². The maximum absolute atomic E-state index is 11.5. The lowest BCUT2D eigenvalue weighted by atomic mass is 10.1. The van der Waals surface area contributed by atoms with Gasteiger partial charge in [0.15, 0.2) is 15.8 Å². The van der Waals surface area contributed by atoms with E-state index in [1.54, 1.807) is 19.2 Å². The quantitative estimate of drug-likeness (QED) is 0.529. The molecule has 2 aromatic rings. The van der Waals surface area contributed by atoms with Gasteiger partial charge in [0, 0.05) is 50.9 Å². The van der Waals surface area contributed by atoms with Crippen molar-refractivity contribution in [3.63, 3.8) is 0 Å². The zero-order valence-corrected chi connectivity index (χ0v) is 18.1. The minimum Gasteiger partial charge on any atom is -0.356 e. The van der Waals surface area contributed by atoms with Crippen LogP contribution in [0.5, 0.6) is 0 Å². The van der Waals surface area contributed by atoms with E-state index in [-0.39, 0.29) is 0 Å². The average molecular weight is 421 g/mol. The Bertz CT molecular complexity index is 905. The van der Waals surface area contributed by atoms with Gasteiger partial charge < -0.3 is 10.6 Å². The van der Waals surface area contributed by atoms with Crippen LogP contribution in [0.15, 0.2) is 45.6 Å². The minimum absolute atomic E-state index is 0.356. The fraction of sp³-hybridized carbons (Fsp3) is 0.450. The van der Waals surface area contributed by atoms with Gasteiger partial charge in [-0.25, -0.2) is 8.42 Å². The maximum atomic E-state index is 11.5. The molecule has 0 saturated heterocycles. The summed E-state index contributed by atoms with van der Waals surface area (Å²) in [6.45, 7) is 4.73. The summed E-state index contributed by atoms with van der Waals surface area (Å²) in [4.78, 5) is 8.63. The maximum Gasteiger partial charge on any atom is 0.191 e. The molecular formula is C20H28N4O2S2. The molecule has 152 valence electrons. The van der Waals surface area contributed by atoms with Crippen LogP contribution >= 0.6 is 11.3 Å². The fourth-order valence-electron chi connectivity index (χ4n) is 3.28. The van der Waals surface area contributed by atoms with E-state index < -0.39 is 9.84 Å². The number of nitrogens with one attached hydrogen (secondary N) is 2. The van der Waals surface area contributed by atoms with Gasteiger partial charge in [0.2, 0.25) is 0 Å². The number of aliphatic imine (C=N–C) groups is 1. The number of hydrogen-bond donors (Lipinski definition) is 2. The van der Waals surface area contributed by atoms with Crippen LogP contribution in [0.1, 0.15) is 16.0 Å². The van der Waals surface area contributed by atoms with Crippen LogP contribution in [-0.4, -0.2) is 58.8 Å². The molecule has 1 aliphatic heterocycles. The predicted molar refractivity (Wildman–Crippen MR) is 116 cm³/mol. The predicted octanol–water partition coefficient (Wildman–Crippen LogP) is 1.92. The summed E-state index contributed by atoms with van der Waals surface area (Å²) in [6, 6.07) is 9.29. The van der Waals surface area contributed by atoms with Gasteiger partial charge in [-0.3, -0.25) is 9.89 Å². The van der Waals surface area contributed by atoms with Crippen molar-refractivity contribution in [2.45, 2.75) is 24.3 Å². The summed E-state index contributed by atoms with van der Waals surface area (Å²) < 4.78 is 23.0. The molecule has 28 heavy (non-hydrogen) atoms. The molecule has 0 bridgehead atoms. The summed E-state index contributed by atoms with van der Waals surface area (Å²) in [6.07, 6.45) is 3.18. The number of guanidine groups is 1. The second-order valence-corrected chi connectivity index (χ2v) is 10.0. The second-order valence-electron chi connectivity index (χ2n) is 6.99. The molecule has 0 spiro atoms. The number of hydrogen-bond acceptors (Lipinski definition) is 5. The summed E-state index contributed by atoms with van der Waals surface area (Å²) in [5.41, 5.74) is 2.57. The third-order valence-corrected chi connectivity index (χ3v) is 7.04. The molecule has 0 fully saturated rings. The lowest BCUT2D eigenvalue weighted by Crippen LogP contribution is -2.43. The molecule has 1 aromatic heterocycles. The Morgan fingerprint density at radius 3 is 2.64 bits per heavy atom. The van der Waals surface area contributed by atoms with Gasteiger partial charge in [-0.2, -0.15) is 0 Å². The third-order valence-electron chi connectivity index (χ3n) is 4.89. The summed E-state index contributed by atoms with van der Waals surface area (Å²) in [7, 11) is -1.37. The number of fused-ring (bicyclic) bond motifs is 1. The van der Waals surface area contributed by atoms with Crippen LogP contribution in [0.2, 0.25) is 0 Å². The Kier molecular flexibility index (Phi) is 7.09.